The molecule has 0 heterocycles. The highest BCUT2D eigenvalue weighted by Gasteiger charge is 2.41. The van der Waals surface area contributed by atoms with E-state index in [0.717, 1.165) is 38.5 Å². The number of hydrogen-bond donors (Lipinski definition) is 1. The molecule has 2 aliphatic carbocycles. The number of rotatable bonds is 4. The topological polar surface area (TPSA) is 46.3 Å². The van der Waals surface area contributed by atoms with Gasteiger partial charge in [-0.15, -0.1) is 6.58 Å². The lowest BCUT2D eigenvalue weighted by Gasteiger charge is -2.35. The van der Waals surface area contributed by atoms with Crippen LogP contribution in [-0.4, -0.2) is 28.9 Å². The number of nitrogens with two attached hydrogens (primary N) is 1. The van der Waals surface area contributed by atoms with Gasteiger partial charge in [-0.1, -0.05) is 31.8 Å². The molecular formula is C14H24N2O. The second-order valence-electron chi connectivity index (χ2n) is 5.55. The van der Waals surface area contributed by atoms with Crippen molar-refractivity contribution in [2.45, 2.75) is 62.9 Å². The summed E-state index contributed by atoms with van der Waals surface area (Å²) in [5, 5.41) is 0. The monoisotopic (exact) mass is 236 g/mol. The average Bonchev–Trinajstić information content (AvgIpc) is 2.96. The summed E-state index contributed by atoms with van der Waals surface area (Å²) >= 11 is 0. The van der Waals surface area contributed by atoms with Gasteiger partial charge in [-0.25, -0.2) is 0 Å². The minimum Gasteiger partial charge on any atom is -0.334 e. The highest BCUT2D eigenvalue weighted by Crippen LogP contribution is 2.32. The molecule has 0 saturated heterocycles. The van der Waals surface area contributed by atoms with Crippen molar-refractivity contribution in [3.8, 4) is 0 Å². The Labute approximate surface area is 104 Å². The third-order valence-electron chi connectivity index (χ3n) is 4.27. The predicted octanol–water partition coefficient (Wildman–Crippen LogP) is 2.22. The normalized spacial score (nSPS) is 23.8. The van der Waals surface area contributed by atoms with Crippen LogP contribution in [0.3, 0.4) is 0 Å². The summed E-state index contributed by atoms with van der Waals surface area (Å²) in [6.07, 6.45) is 10.5. The lowest BCUT2D eigenvalue weighted by atomic mass is 9.96. The Kier molecular flexibility index (Phi) is 3.87. The van der Waals surface area contributed by atoms with Crippen LogP contribution in [0.5, 0.6) is 0 Å². The Morgan fingerprint density at radius 2 is 1.88 bits per heavy atom. The highest BCUT2D eigenvalue weighted by atomic mass is 16.2. The van der Waals surface area contributed by atoms with Gasteiger partial charge in [0.15, 0.2) is 0 Å². The molecule has 3 heteroatoms. The second kappa shape index (κ2) is 5.21. The smallest absolute Gasteiger partial charge is 0.243 e. The third kappa shape index (κ3) is 2.54. The number of carbonyl (C=O) groups excluding carboxylic acids is 1. The molecule has 0 aromatic carbocycles. The summed E-state index contributed by atoms with van der Waals surface area (Å²) in [5.41, 5.74) is 5.70. The van der Waals surface area contributed by atoms with Crippen LogP contribution >= 0.6 is 0 Å². The number of nitrogens with zero attached hydrogens (tertiary/aromatic N) is 1. The minimum atomic E-state index is -0.578. The van der Waals surface area contributed by atoms with E-state index < -0.39 is 5.54 Å². The molecule has 1 amide bonds. The molecule has 0 aliphatic heterocycles. The van der Waals surface area contributed by atoms with Crippen LogP contribution in [0.15, 0.2) is 12.7 Å². The van der Waals surface area contributed by atoms with Crippen molar-refractivity contribution in [2.24, 2.45) is 5.73 Å². The summed E-state index contributed by atoms with van der Waals surface area (Å²) in [6.45, 7) is 4.42. The van der Waals surface area contributed by atoms with Crippen LogP contribution < -0.4 is 5.73 Å². The Bertz CT molecular complexity index is 289. The molecule has 2 N–H and O–H groups in total. The van der Waals surface area contributed by atoms with Crippen LogP contribution in [0.25, 0.3) is 0 Å². The van der Waals surface area contributed by atoms with Crippen molar-refractivity contribution in [2.75, 3.05) is 6.54 Å². The highest BCUT2D eigenvalue weighted by molar-refractivity contribution is 5.87. The first-order valence-corrected chi connectivity index (χ1v) is 6.88. The van der Waals surface area contributed by atoms with Gasteiger partial charge < -0.3 is 10.6 Å². The summed E-state index contributed by atoms with van der Waals surface area (Å²) in [7, 11) is 0. The quantitative estimate of drug-likeness (QED) is 0.761. The molecule has 0 bridgehead atoms. The summed E-state index contributed by atoms with van der Waals surface area (Å²) in [4.78, 5) is 14.6. The lowest BCUT2D eigenvalue weighted by molar-refractivity contribution is -0.138. The maximum absolute atomic E-state index is 12.6. The molecule has 2 saturated carbocycles. The lowest BCUT2D eigenvalue weighted by Crippen LogP contribution is -2.56. The van der Waals surface area contributed by atoms with Crippen LogP contribution in [0.2, 0.25) is 0 Å². The van der Waals surface area contributed by atoms with Gasteiger partial charge in [0, 0.05) is 12.6 Å². The fourth-order valence-corrected chi connectivity index (χ4v) is 3.26. The molecule has 0 atom stereocenters. The van der Waals surface area contributed by atoms with E-state index in [4.69, 9.17) is 5.73 Å². The Morgan fingerprint density at radius 3 is 2.41 bits per heavy atom. The van der Waals surface area contributed by atoms with Crippen molar-refractivity contribution >= 4 is 5.91 Å². The van der Waals surface area contributed by atoms with Crippen LogP contribution in [0.1, 0.15) is 51.4 Å². The van der Waals surface area contributed by atoms with Gasteiger partial charge in [0.1, 0.15) is 0 Å². The zero-order valence-corrected chi connectivity index (χ0v) is 10.7. The van der Waals surface area contributed by atoms with E-state index in [-0.39, 0.29) is 5.91 Å². The predicted molar refractivity (Wildman–Crippen MR) is 69.6 cm³/mol. The molecule has 2 rings (SSSR count). The summed E-state index contributed by atoms with van der Waals surface area (Å²) in [6, 6.07) is 0.404. The van der Waals surface area contributed by atoms with Crippen molar-refractivity contribution < 1.29 is 4.79 Å². The summed E-state index contributed by atoms with van der Waals surface area (Å²) < 4.78 is 0. The van der Waals surface area contributed by atoms with Gasteiger partial charge >= 0.3 is 0 Å². The maximum atomic E-state index is 12.6. The first kappa shape index (κ1) is 12.6. The molecule has 0 spiro atoms. The van der Waals surface area contributed by atoms with E-state index in [2.05, 4.69) is 6.58 Å². The number of carbonyl (C=O) groups is 1. The van der Waals surface area contributed by atoms with Crippen LogP contribution in [0, 0.1) is 0 Å². The van der Waals surface area contributed by atoms with Gasteiger partial charge in [0.25, 0.3) is 0 Å². The van der Waals surface area contributed by atoms with Crippen LogP contribution in [-0.2, 0) is 4.79 Å². The van der Waals surface area contributed by atoms with Crippen molar-refractivity contribution in [1.29, 1.82) is 0 Å². The molecule has 0 unspecified atom stereocenters. The second-order valence-corrected chi connectivity index (χ2v) is 5.55. The average molecular weight is 236 g/mol. The van der Waals surface area contributed by atoms with Gasteiger partial charge in [0.2, 0.25) is 5.91 Å². The zero-order chi connectivity index (χ0) is 12.3. The van der Waals surface area contributed by atoms with Gasteiger partial charge in [-0.05, 0) is 25.7 Å². The standard InChI is InChI=1S/C14H24N2O/c1-2-11-16(12-7-3-4-8-12)13(17)14(15)9-5-6-10-14/h2,12H,1,3-11,15H2. The first-order valence-electron chi connectivity index (χ1n) is 6.88. The van der Waals surface area contributed by atoms with Gasteiger partial charge in [0.05, 0.1) is 5.54 Å². The van der Waals surface area contributed by atoms with E-state index in [1.807, 2.05) is 11.0 Å². The molecular weight excluding hydrogens is 212 g/mol. The van der Waals surface area contributed by atoms with Crippen molar-refractivity contribution in [3.63, 3.8) is 0 Å². The number of amides is 1. The third-order valence-corrected chi connectivity index (χ3v) is 4.27. The van der Waals surface area contributed by atoms with Crippen molar-refractivity contribution in [1.82, 2.24) is 4.90 Å². The van der Waals surface area contributed by atoms with Gasteiger partial charge in [-0.2, -0.15) is 0 Å². The fraction of sp³-hybridized carbons (Fsp3) is 0.786. The molecule has 17 heavy (non-hydrogen) atoms. The van der Waals surface area contributed by atoms with Crippen LogP contribution in [0.4, 0.5) is 0 Å². The zero-order valence-electron chi connectivity index (χ0n) is 10.7. The van der Waals surface area contributed by atoms with Crippen molar-refractivity contribution in [3.05, 3.63) is 12.7 Å². The Morgan fingerprint density at radius 1 is 1.29 bits per heavy atom. The SMILES string of the molecule is C=CCN(C(=O)C1(N)CCCC1)C1CCCC1. The largest absolute Gasteiger partial charge is 0.334 e. The Balaban J connectivity index is 2.08. The molecule has 96 valence electrons. The maximum Gasteiger partial charge on any atom is 0.243 e. The molecule has 0 aromatic heterocycles. The number of hydrogen-bond acceptors (Lipinski definition) is 2. The van der Waals surface area contributed by atoms with E-state index in [0.29, 0.717) is 12.6 Å². The van der Waals surface area contributed by atoms with E-state index >= 15 is 0 Å². The van der Waals surface area contributed by atoms with E-state index in [9.17, 15) is 4.79 Å². The summed E-state index contributed by atoms with van der Waals surface area (Å²) in [5.74, 6) is 0.168. The molecule has 0 aromatic rings. The van der Waals surface area contributed by atoms with E-state index in [1.54, 1.807) is 0 Å². The fourth-order valence-electron chi connectivity index (χ4n) is 3.26. The molecule has 2 aliphatic rings. The minimum absolute atomic E-state index is 0.168. The Hall–Kier alpha value is -0.830. The molecule has 2 fully saturated rings. The van der Waals surface area contributed by atoms with Gasteiger partial charge in [-0.3, -0.25) is 4.79 Å². The molecule has 3 nitrogen and oxygen atoms in total. The van der Waals surface area contributed by atoms with E-state index in [1.165, 1.54) is 12.8 Å². The first-order chi connectivity index (χ1) is 8.17. The molecule has 0 radical (unpaired) electrons.